The predicted molar refractivity (Wildman–Crippen MR) is 46.4 cm³/mol. The Labute approximate surface area is 86.1 Å². The number of hydrogen-bond acceptors (Lipinski definition) is 3. The van der Waals surface area contributed by atoms with Crippen molar-refractivity contribution in [2.75, 3.05) is 0 Å². The number of hydrogen-bond donors (Lipinski definition) is 1. The Morgan fingerprint density at radius 3 is 2.53 bits per heavy atom. The molecule has 0 amide bonds. The van der Waals surface area contributed by atoms with Gasteiger partial charge in [0.05, 0.1) is 11.3 Å². The number of alkyl halides is 3. The Bertz CT molecular complexity index is 394. The summed E-state index contributed by atoms with van der Waals surface area (Å²) in [5, 5.41) is 8.60. The molecule has 0 saturated heterocycles. The Balaban J connectivity index is 3.09. The maximum Gasteiger partial charge on any atom is 0.393 e. The molecular formula is C8H5F3O3S. The van der Waals surface area contributed by atoms with Gasteiger partial charge in [-0.1, -0.05) is 0 Å². The van der Waals surface area contributed by atoms with Crippen LogP contribution in [0.15, 0.2) is 6.07 Å². The van der Waals surface area contributed by atoms with Gasteiger partial charge in [0, 0.05) is 0 Å². The molecule has 1 rings (SSSR count). The molecule has 0 aliphatic heterocycles. The van der Waals surface area contributed by atoms with E-state index in [0.29, 0.717) is 17.6 Å². The topological polar surface area (TPSA) is 54.4 Å². The molecule has 1 aromatic rings. The molecule has 1 N–H and O–H groups in total. The van der Waals surface area contributed by atoms with Crippen molar-refractivity contribution in [1.82, 2.24) is 0 Å². The summed E-state index contributed by atoms with van der Waals surface area (Å²) in [4.78, 5) is 20.4. The molecule has 0 unspecified atom stereocenters. The van der Waals surface area contributed by atoms with Crippen molar-refractivity contribution in [2.45, 2.75) is 12.6 Å². The number of rotatable bonds is 3. The number of carbonyl (C=O) groups is 2. The van der Waals surface area contributed by atoms with Crippen LogP contribution in [0.3, 0.4) is 0 Å². The average molecular weight is 238 g/mol. The molecule has 0 fully saturated rings. The molecule has 15 heavy (non-hydrogen) atoms. The van der Waals surface area contributed by atoms with E-state index < -0.39 is 23.4 Å². The maximum atomic E-state index is 12.0. The van der Waals surface area contributed by atoms with Crippen LogP contribution in [0.1, 0.15) is 24.9 Å². The number of carbonyl (C=O) groups excluding carboxylic acids is 1. The van der Waals surface area contributed by atoms with Crippen LogP contribution < -0.4 is 0 Å². The highest BCUT2D eigenvalue weighted by Crippen LogP contribution is 2.28. The summed E-state index contributed by atoms with van der Waals surface area (Å²) < 4.78 is 36.1. The average Bonchev–Trinajstić information content (AvgIpc) is 2.44. The first-order valence-corrected chi connectivity index (χ1v) is 4.53. The third-order valence-corrected chi connectivity index (χ3v) is 2.62. The quantitative estimate of drug-likeness (QED) is 0.822. The molecule has 1 heterocycles. The number of halogens is 3. The van der Waals surface area contributed by atoms with Crippen LogP contribution in [0, 0.1) is 0 Å². The second-order valence-electron chi connectivity index (χ2n) is 2.72. The Morgan fingerprint density at radius 2 is 2.13 bits per heavy atom. The lowest BCUT2D eigenvalue weighted by molar-refractivity contribution is -0.127. The van der Waals surface area contributed by atoms with Crippen LogP contribution in [0.2, 0.25) is 0 Å². The molecule has 1 aromatic heterocycles. The first-order valence-electron chi connectivity index (χ1n) is 3.71. The van der Waals surface area contributed by atoms with Gasteiger partial charge in [0.25, 0.3) is 0 Å². The molecule has 0 aromatic carbocycles. The van der Waals surface area contributed by atoms with E-state index in [1.54, 1.807) is 0 Å². The van der Waals surface area contributed by atoms with Crippen LogP contribution in [0.25, 0.3) is 0 Å². The molecule has 0 aliphatic rings. The van der Waals surface area contributed by atoms with Crippen molar-refractivity contribution in [2.24, 2.45) is 0 Å². The molecular weight excluding hydrogens is 233 g/mol. The van der Waals surface area contributed by atoms with Crippen LogP contribution in [-0.4, -0.2) is 23.5 Å². The van der Waals surface area contributed by atoms with Gasteiger partial charge in [-0.15, -0.1) is 11.3 Å². The molecule has 0 spiro atoms. The summed E-state index contributed by atoms with van der Waals surface area (Å²) >= 11 is 0.541. The van der Waals surface area contributed by atoms with Crippen LogP contribution in [-0.2, 0) is 6.42 Å². The molecule has 3 nitrogen and oxygen atoms in total. The third-order valence-electron chi connectivity index (χ3n) is 1.53. The van der Waals surface area contributed by atoms with Crippen LogP contribution in [0.4, 0.5) is 13.2 Å². The van der Waals surface area contributed by atoms with Crippen molar-refractivity contribution in [3.63, 3.8) is 0 Å². The second-order valence-corrected chi connectivity index (χ2v) is 3.80. The molecule has 0 saturated carbocycles. The van der Waals surface area contributed by atoms with E-state index in [9.17, 15) is 22.8 Å². The number of aldehydes is 1. The van der Waals surface area contributed by atoms with Crippen molar-refractivity contribution < 1.29 is 27.9 Å². The van der Waals surface area contributed by atoms with E-state index >= 15 is 0 Å². The largest absolute Gasteiger partial charge is 0.477 e. The smallest absolute Gasteiger partial charge is 0.393 e. The van der Waals surface area contributed by atoms with Crippen LogP contribution >= 0.6 is 11.3 Å². The van der Waals surface area contributed by atoms with E-state index in [1.807, 2.05) is 0 Å². The van der Waals surface area contributed by atoms with E-state index in [4.69, 9.17) is 5.11 Å². The van der Waals surface area contributed by atoms with Crippen LogP contribution in [0.5, 0.6) is 0 Å². The SMILES string of the molecule is O=Cc1cc(CC(F)(F)F)c(C(=O)O)s1. The standard InChI is InChI=1S/C8H5F3O3S/c9-8(10,11)2-4-1-5(3-12)15-6(4)7(13)14/h1,3H,2H2,(H,13,14). The molecule has 0 aliphatic carbocycles. The van der Waals surface area contributed by atoms with Gasteiger partial charge in [0.2, 0.25) is 0 Å². The van der Waals surface area contributed by atoms with Gasteiger partial charge in [0.15, 0.2) is 6.29 Å². The summed E-state index contributed by atoms with van der Waals surface area (Å²) in [6.07, 6.45) is -5.48. The third kappa shape index (κ3) is 3.05. The van der Waals surface area contributed by atoms with E-state index in [0.717, 1.165) is 6.07 Å². The molecule has 0 atom stereocenters. The highest BCUT2D eigenvalue weighted by atomic mass is 32.1. The summed E-state index contributed by atoms with van der Waals surface area (Å²) in [6.45, 7) is 0. The predicted octanol–water partition coefficient (Wildman–Crippen LogP) is 2.36. The van der Waals surface area contributed by atoms with Gasteiger partial charge in [-0.3, -0.25) is 4.79 Å². The lowest BCUT2D eigenvalue weighted by Crippen LogP contribution is -2.13. The normalized spacial score (nSPS) is 11.4. The zero-order valence-corrected chi connectivity index (χ0v) is 7.98. The Kier molecular flexibility index (Phi) is 3.13. The summed E-state index contributed by atoms with van der Waals surface area (Å²) in [5.41, 5.74) is -0.373. The highest BCUT2D eigenvalue weighted by molar-refractivity contribution is 7.15. The van der Waals surface area contributed by atoms with Gasteiger partial charge in [0.1, 0.15) is 4.88 Å². The lowest BCUT2D eigenvalue weighted by atomic mass is 10.1. The fraction of sp³-hybridized carbons (Fsp3) is 0.250. The Hall–Kier alpha value is -1.37. The van der Waals surface area contributed by atoms with E-state index in [1.165, 1.54) is 0 Å². The monoisotopic (exact) mass is 238 g/mol. The minimum atomic E-state index is -4.48. The number of aromatic carboxylic acids is 1. The van der Waals surface area contributed by atoms with Gasteiger partial charge in [-0.2, -0.15) is 13.2 Å². The van der Waals surface area contributed by atoms with Crippen molar-refractivity contribution >= 4 is 23.6 Å². The number of carboxylic acids is 1. The highest BCUT2D eigenvalue weighted by Gasteiger charge is 2.31. The fourth-order valence-electron chi connectivity index (χ4n) is 1.04. The molecule has 82 valence electrons. The summed E-state index contributed by atoms with van der Waals surface area (Å²) in [6, 6.07) is 0.953. The van der Waals surface area contributed by atoms with Gasteiger partial charge >= 0.3 is 12.1 Å². The number of carboxylic acid groups (broad SMARTS) is 1. The maximum absolute atomic E-state index is 12.0. The molecule has 0 bridgehead atoms. The molecule has 7 heteroatoms. The Morgan fingerprint density at radius 1 is 1.53 bits per heavy atom. The van der Waals surface area contributed by atoms with Crippen molar-refractivity contribution in [3.8, 4) is 0 Å². The summed E-state index contributed by atoms with van der Waals surface area (Å²) in [7, 11) is 0. The first kappa shape index (κ1) is 11.7. The first-order chi connectivity index (χ1) is 6.83. The minimum absolute atomic E-state index is 0.0216. The lowest BCUT2D eigenvalue weighted by Gasteiger charge is -2.04. The summed E-state index contributed by atoms with van der Waals surface area (Å²) in [5.74, 6) is -1.45. The van der Waals surface area contributed by atoms with Gasteiger partial charge in [-0.25, -0.2) is 4.79 Å². The second kappa shape index (κ2) is 4.01. The number of thiophene rings is 1. The zero-order chi connectivity index (χ0) is 11.6. The van der Waals surface area contributed by atoms with Crippen molar-refractivity contribution in [1.29, 1.82) is 0 Å². The fourth-order valence-corrected chi connectivity index (χ4v) is 1.87. The van der Waals surface area contributed by atoms with Gasteiger partial charge < -0.3 is 5.11 Å². The van der Waals surface area contributed by atoms with E-state index in [2.05, 4.69) is 0 Å². The van der Waals surface area contributed by atoms with E-state index in [-0.39, 0.29) is 10.4 Å². The minimum Gasteiger partial charge on any atom is -0.477 e. The van der Waals surface area contributed by atoms with Gasteiger partial charge in [-0.05, 0) is 11.6 Å². The molecule has 0 radical (unpaired) electrons. The zero-order valence-electron chi connectivity index (χ0n) is 7.17. The van der Waals surface area contributed by atoms with Crippen molar-refractivity contribution in [3.05, 3.63) is 21.4 Å².